The molecule has 0 radical (unpaired) electrons. The highest BCUT2D eigenvalue weighted by molar-refractivity contribution is 6.30. The highest BCUT2D eigenvalue weighted by Crippen LogP contribution is 2.26. The number of halogens is 1. The minimum atomic E-state index is -1.02. The highest BCUT2D eigenvalue weighted by atomic mass is 35.5. The fourth-order valence-corrected chi connectivity index (χ4v) is 2.61. The van der Waals surface area contributed by atoms with Gasteiger partial charge in [0.2, 0.25) is 0 Å². The van der Waals surface area contributed by atoms with Crippen LogP contribution in [0, 0.1) is 0 Å². The Morgan fingerprint density at radius 2 is 2.05 bits per heavy atom. The lowest BCUT2D eigenvalue weighted by Gasteiger charge is -2.27. The first-order valence-electron chi connectivity index (χ1n) is 6.80. The van der Waals surface area contributed by atoms with Gasteiger partial charge in [-0.05, 0) is 37.5 Å². The molecule has 0 aliphatic carbocycles. The molecule has 0 bridgehead atoms. The summed E-state index contributed by atoms with van der Waals surface area (Å²) in [5, 5.41) is 9.52. The zero-order valence-corrected chi connectivity index (χ0v) is 12.7. The van der Waals surface area contributed by atoms with E-state index in [1.54, 1.807) is 18.0 Å². The van der Waals surface area contributed by atoms with Gasteiger partial charge in [0.25, 0.3) is 5.91 Å². The molecule has 1 amide bonds. The molecule has 1 unspecified atom stereocenters. The van der Waals surface area contributed by atoms with Crippen molar-refractivity contribution in [1.29, 1.82) is 0 Å². The number of aliphatic carboxylic acids is 1. The second-order valence-corrected chi connectivity index (χ2v) is 5.65. The largest absolute Gasteiger partial charge is 0.479 e. The molecule has 2 rings (SSSR count). The Bertz CT molecular complexity index is 548. The van der Waals surface area contributed by atoms with Gasteiger partial charge >= 0.3 is 5.97 Å². The SMILES string of the molecule is CC(c1cccc(Cl)c1)N(C)C(=O)[C@@H]1CC[C@H](C(=O)O)O1. The normalized spacial score (nSPS) is 22.8. The average Bonchev–Trinajstić information content (AvgIpc) is 2.95. The fourth-order valence-electron chi connectivity index (χ4n) is 2.41. The fraction of sp³-hybridized carbons (Fsp3) is 0.467. The summed E-state index contributed by atoms with van der Waals surface area (Å²) in [5.41, 5.74) is 0.922. The summed E-state index contributed by atoms with van der Waals surface area (Å²) < 4.78 is 5.30. The van der Waals surface area contributed by atoms with Crippen molar-refractivity contribution in [3.63, 3.8) is 0 Å². The molecule has 5 nitrogen and oxygen atoms in total. The molecule has 1 fully saturated rings. The average molecular weight is 312 g/mol. The van der Waals surface area contributed by atoms with Crippen molar-refractivity contribution in [3.05, 3.63) is 34.9 Å². The van der Waals surface area contributed by atoms with Crippen molar-refractivity contribution >= 4 is 23.5 Å². The van der Waals surface area contributed by atoms with E-state index in [1.165, 1.54) is 0 Å². The van der Waals surface area contributed by atoms with Gasteiger partial charge in [0.05, 0.1) is 6.04 Å². The lowest BCUT2D eigenvalue weighted by Crippen LogP contribution is -2.38. The molecular formula is C15H18ClNO4. The molecule has 1 heterocycles. The van der Waals surface area contributed by atoms with E-state index < -0.39 is 18.2 Å². The lowest BCUT2D eigenvalue weighted by molar-refractivity contribution is -0.155. The Morgan fingerprint density at radius 1 is 1.38 bits per heavy atom. The molecule has 0 saturated carbocycles. The first-order chi connectivity index (χ1) is 9.90. The van der Waals surface area contributed by atoms with E-state index in [-0.39, 0.29) is 11.9 Å². The third kappa shape index (κ3) is 3.54. The van der Waals surface area contributed by atoms with Gasteiger partial charge in [-0.3, -0.25) is 4.79 Å². The van der Waals surface area contributed by atoms with Crippen LogP contribution in [0.3, 0.4) is 0 Å². The number of carboxylic acids is 1. The zero-order valence-electron chi connectivity index (χ0n) is 12.0. The maximum Gasteiger partial charge on any atom is 0.332 e. The smallest absolute Gasteiger partial charge is 0.332 e. The van der Waals surface area contributed by atoms with Gasteiger partial charge in [-0.1, -0.05) is 23.7 Å². The van der Waals surface area contributed by atoms with Crippen LogP contribution in [0.15, 0.2) is 24.3 Å². The number of benzene rings is 1. The van der Waals surface area contributed by atoms with Crippen LogP contribution in [-0.4, -0.2) is 41.1 Å². The Kier molecular flexibility index (Phi) is 4.85. The monoisotopic (exact) mass is 311 g/mol. The Labute approximate surface area is 128 Å². The number of carboxylic acid groups (broad SMARTS) is 1. The van der Waals surface area contributed by atoms with Crippen LogP contribution in [0.5, 0.6) is 0 Å². The molecule has 1 aliphatic heterocycles. The van der Waals surface area contributed by atoms with Crippen LogP contribution in [0.2, 0.25) is 5.02 Å². The minimum absolute atomic E-state index is 0.163. The molecule has 0 spiro atoms. The summed E-state index contributed by atoms with van der Waals surface area (Å²) in [6, 6.07) is 7.15. The lowest BCUT2D eigenvalue weighted by atomic mass is 10.1. The van der Waals surface area contributed by atoms with Crippen LogP contribution in [0.1, 0.15) is 31.4 Å². The highest BCUT2D eigenvalue weighted by Gasteiger charge is 2.37. The van der Waals surface area contributed by atoms with E-state index in [2.05, 4.69) is 0 Å². The predicted octanol–water partition coefficient (Wildman–Crippen LogP) is 2.49. The molecule has 1 N–H and O–H groups in total. The maximum absolute atomic E-state index is 12.4. The van der Waals surface area contributed by atoms with Crippen LogP contribution >= 0.6 is 11.6 Å². The number of nitrogens with zero attached hydrogens (tertiary/aromatic N) is 1. The molecule has 6 heteroatoms. The minimum Gasteiger partial charge on any atom is -0.479 e. The van der Waals surface area contributed by atoms with E-state index in [4.69, 9.17) is 21.4 Å². The number of ether oxygens (including phenoxy) is 1. The molecule has 1 aliphatic rings. The van der Waals surface area contributed by atoms with Gasteiger partial charge in [0.1, 0.15) is 6.10 Å². The summed E-state index contributed by atoms with van der Waals surface area (Å²) >= 11 is 5.96. The molecule has 3 atom stereocenters. The third-order valence-electron chi connectivity index (χ3n) is 3.83. The van der Waals surface area contributed by atoms with Crippen LogP contribution < -0.4 is 0 Å². The number of hydrogen-bond acceptors (Lipinski definition) is 3. The molecule has 0 aromatic heterocycles. The van der Waals surface area contributed by atoms with Crippen molar-refractivity contribution < 1.29 is 19.4 Å². The van der Waals surface area contributed by atoms with Gasteiger partial charge in [-0.15, -0.1) is 0 Å². The summed E-state index contributed by atoms with van der Waals surface area (Å²) in [6.45, 7) is 1.90. The summed E-state index contributed by atoms with van der Waals surface area (Å²) in [5.74, 6) is -1.22. The number of carbonyl (C=O) groups is 2. The van der Waals surface area contributed by atoms with E-state index >= 15 is 0 Å². The number of rotatable bonds is 4. The van der Waals surface area contributed by atoms with Gasteiger partial charge in [0.15, 0.2) is 6.10 Å². The Hall–Kier alpha value is -1.59. The Balaban J connectivity index is 2.04. The molecular weight excluding hydrogens is 294 g/mol. The second-order valence-electron chi connectivity index (χ2n) is 5.21. The number of amides is 1. The van der Waals surface area contributed by atoms with Crippen LogP contribution in [0.4, 0.5) is 0 Å². The van der Waals surface area contributed by atoms with E-state index in [9.17, 15) is 9.59 Å². The van der Waals surface area contributed by atoms with Crippen LogP contribution in [0.25, 0.3) is 0 Å². The van der Waals surface area contributed by atoms with Crippen molar-refractivity contribution in [1.82, 2.24) is 4.90 Å². The van der Waals surface area contributed by atoms with Gasteiger partial charge in [-0.2, -0.15) is 0 Å². The molecule has 1 saturated heterocycles. The van der Waals surface area contributed by atoms with Crippen molar-refractivity contribution in [3.8, 4) is 0 Å². The first-order valence-corrected chi connectivity index (χ1v) is 7.18. The van der Waals surface area contributed by atoms with Crippen molar-refractivity contribution in [2.45, 2.75) is 38.0 Å². The van der Waals surface area contributed by atoms with E-state index in [0.717, 1.165) is 5.56 Å². The quantitative estimate of drug-likeness (QED) is 0.927. The summed E-state index contributed by atoms with van der Waals surface area (Å²) in [7, 11) is 1.69. The first kappa shape index (κ1) is 15.8. The molecule has 1 aromatic carbocycles. The number of carbonyl (C=O) groups excluding carboxylic acids is 1. The van der Waals surface area contributed by atoms with E-state index in [0.29, 0.717) is 17.9 Å². The van der Waals surface area contributed by atoms with Gasteiger partial charge in [0, 0.05) is 12.1 Å². The zero-order chi connectivity index (χ0) is 15.6. The molecule has 1 aromatic rings. The summed E-state index contributed by atoms with van der Waals surface area (Å²) in [6.07, 6.45) is -0.764. The maximum atomic E-state index is 12.4. The van der Waals surface area contributed by atoms with E-state index in [1.807, 2.05) is 25.1 Å². The number of likely N-dealkylation sites (N-methyl/N-ethyl adjacent to an activating group) is 1. The third-order valence-corrected chi connectivity index (χ3v) is 4.07. The topological polar surface area (TPSA) is 66.8 Å². The molecule has 114 valence electrons. The van der Waals surface area contributed by atoms with Crippen molar-refractivity contribution in [2.75, 3.05) is 7.05 Å². The van der Waals surface area contributed by atoms with Gasteiger partial charge in [-0.25, -0.2) is 4.79 Å². The second kappa shape index (κ2) is 6.45. The molecule has 21 heavy (non-hydrogen) atoms. The number of hydrogen-bond donors (Lipinski definition) is 1. The van der Waals surface area contributed by atoms with Crippen molar-refractivity contribution in [2.24, 2.45) is 0 Å². The van der Waals surface area contributed by atoms with Gasteiger partial charge < -0.3 is 14.7 Å². The standard InChI is InChI=1S/C15H18ClNO4/c1-9(10-4-3-5-11(16)8-10)17(2)14(18)12-6-7-13(21-12)15(19)20/h3-5,8-9,12-13H,6-7H2,1-2H3,(H,19,20)/t9?,12-,13+/m0/s1. The Morgan fingerprint density at radius 3 is 2.62 bits per heavy atom. The van der Waals surface area contributed by atoms with Crippen LogP contribution in [-0.2, 0) is 14.3 Å². The predicted molar refractivity (Wildman–Crippen MR) is 78.2 cm³/mol. The summed E-state index contributed by atoms with van der Waals surface area (Å²) in [4.78, 5) is 24.8.